The van der Waals surface area contributed by atoms with Gasteiger partial charge in [0.2, 0.25) is 5.95 Å². The van der Waals surface area contributed by atoms with Crippen molar-refractivity contribution in [3.63, 3.8) is 0 Å². The van der Waals surface area contributed by atoms with E-state index in [2.05, 4.69) is 40.3 Å². The maximum atomic E-state index is 13.3. The number of rotatable bonds is 6. The zero-order valence-electron chi connectivity index (χ0n) is 20.9. The smallest absolute Gasteiger partial charge is 0.258 e. The summed E-state index contributed by atoms with van der Waals surface area (Å²) in [7, 11) is 6.15. The highest BCUT2D eigenvalue weighted by Crippen LogP contribution is 2.34. The third kappa shape index (κ3) is 4.52. The monoisotopic (exact) mass is 524 g/mol. The number of hydrogen-bond donors (Lipinski definition) is 2. The Morgan fingerprint density at radius 1 is 1.22 bits per heavy atom. The lowest BCUT2D eigenvalue weighted by atomic mass is 10.0. The molecule has 36 heavy (non-hydrogen) atoms. The summed E-state index contributed by atoms with van der Waals surface area (Å²) in [6.45, 7) is 5.07. The van der Waals surface area contributed by atoms with Gasteiger partial charge in [0.05, 0.1) is 32.2 Å². The van der Waals surface area contributed by atoms with Crippen molar-refractivity contribution in [2.75, 3.05) is 39.0 Å². The van der Waals surface area contributed by atoms with Crippen LogP contribution < -0.4 is 10.9 Å². The number of halogens is 2. The highest BCUT2D eigenvalue weighted by molar-refractivity contribution is 6.39. The number of likely N-dealkylation sites (tertiary alicyclic amines) is 1. The predicted octanol–water partition coefficient (Wildman–Crippen LogP) is 5.42. The van der Waals surface area contributed by atoms with Gasteiger partial charge in [-0.2, -0.15) is 0 Å². The second-order valence-corrected chi connectivity index (χ2v) is 10.4. The summed E-state index contributed by atoms with van der Waals surface area (Å²) in [6, 6.07) is 9.85. The number of nitrogens with one attached hydrogen (secondary N) is 2. The van der Waals surface area contributed by atoms with Gasteiger partial charge < -0.3 is 19.8 Å². The van der Waals surface area contributed by atoms with Crippen LogP contribution in [0.2, 0.25) is 10.0 Å². The average molecular weight is 525 g/mol. The summed E-state index contributed by atoms with van der Waals surface area (Å²) in [5, 5.41) is 5.74. The molecule has 1 aliphatic heterocycles. The number of fused-ring (bicyclic) bond motifs is 3. The van der Waals surface area contributed by atoms with E-state index in [-0.39, 0.29) is 5.56 Å². The first-order valence-electron chi connectivity index (χ1n) is 12.0. The average Bonchev–Trinajstić information content (AvgIpc) is 3.44. The maximum absolute atomic E-state index is 13.3. The quantitative estimate of drug-likeness (QED) is 0.352. The van der Waals surface area contributed by atoms with Gasteiger partial charge in [0, 0.05) is 38.4 Å². The fourth-order valence-electron chi connectivity index (χ4n) is 5.00. The summed E-state index contributed by atoms with van der Waals surface area (Å²) < 4.78 is 1.87. The summed E-state index contributed by atoms with van der Waals surface area (Å²) >= 11 is 12.7. The van der Waals surface area contributed by atoms with Crippen LogP contribution >= 0.6 is 23.2 Å². The number of pyridine rings is 1. The Hall–Kier alpha value is -2.84. The Kier molecular flexibility index (Phi) is 6.83. The Labute approximate surface area is 220 Å². The minimum Gasteiger partial charge on any atom is -0.323 e. The number of likely N-dealkylation sites (N-methyl/N-ethyl adjacent to an activating group) is 1. The van der Waals surface area contributed by atoms with Gasteiger partial charge in [0.1, 0.15) is 0 Å². The number of para-hydroxylation sites is 1. The van der Waals surface area contributed by atoms with E-state index >= 15 is 0 Å². The number of imidazole rings is 1. The predicted molar refractivity (Wildman–Crippen MR) is 151 cm³/mol. The molecular formula is C27H30Cl2N6O. The van der Waals surface area contributed by atoms with Crippen molar-refractivity contribution in [1.82, 2.24) is 24.3 Å². The fraction of sp³-hybridized carbons (Fsp3) is 0.333. The number of aromatic nitrogens is 3. The molecule has 4 aromatic rings. The van der Waals surface area contributed by atoms with Gasteiger partial charge in [-0.15, -0.1) is 0 Å². The highest BCUT2D eigenvalue weighted by atomic mass is 35.5. The number of nitrogens with zero attached hydrogens (tertiary/aromatic N) is 4. The molecule has 3 heterocycles. The van der Waals surface area contributed by atoms with E-state index in [0.717, 1.165) is 41.8 Å². The molecule has 1 saturated heterocycles. The Balaban J connectivity index is 1.48. The number of hydrogen-bond acceptors (Lipinski definition) is 5. The minimum atomic E-state index is -0.139. The lowest BCUT2D eigenvalue weighted by Crippen LogP contribution is -2.31. The van der Waals surface area contributed by atoms with Gasteiger partial charge >= 0.3 is 0 Å². The molecule has 2 aromatic carbocycles. The normalized spacial score (nSPS) is 16.8. The van der Waals surface area contributed by atoms with Gasteiger partial charge in [-0.1, -0.05) is 41.4 Å². The van der Waals surface area contributed by atoms with Gasteiger partial charge in [-0.3, -0.25) is 9.69 Å². The van der Waals surface area contributed by atoms with E-state index in [9.17, 15) is 4.79 Å². The Morgan fingerprint density at radius 2 is 1.97 bits per heavy atom. The third-order valence-electron chi connectivity index (χ3n) is 7.14. The number of H-pyrrole nitrogens is 1. The van der Waals surface area contributed by atoms with E-state index in [1.54, 1.807) is 18.2 Å². The second kappa shape index (κ2) is 9.90. The highest BCUT2D eigenvalue weighted by Gasteiger charge is 2.23. The molecule has 9 heteroatoms. The van der Waals surface area contributed by atoms with Crippen LogP contribution in [-0.2, 0) is 7.05 Å². The van der Waals surface area contributed by atoms with Crippen LogP contribution in [0.4, 0.5) is 11.6 Å². The van der Waals surface area contributed by atoms with Gasteiger partial charge in [-0.25, -0.2) is 4.98 Å². The largest absolute Gasteiger partial charge is 0.323 e. The molecule has 0 saturated carbocycles. The van der Waals surface area contributed by atoms with Crippen LogP contribution in [0.1, 0.15) is 17.7 Å². The lowest BCUT2D eigenvalue weighted by Gasteiger charge is -2.19. The molecule has 0 bridgehead atoms. The summed E-state index contributed by atoms with van der Waals surface area (Å²) in [4.78, 5) is 25.8. The molecule has 2 N–H and O–H groups in total. The van der Waals surface area contributed by atoms with Crippen molar-refractivity contribution in [3.05, 3.63) is 68.1 Å². The van der Waals surface area contributed by atoms with Gasteiger partial charge in [-0.05, 0) is 62.7 Å². The molecule has 0 amide bonds. The number of benzene rings is 2. The number of aromatic amines is 1. The molecule has 7 nitrogen and oxygen atoms in total. The molecule has 188 valence electrons. The topological polar surface area (TPSA) is 69.2 Å². The second-order valence-electron chi connectivity index (χ2n) is 9.63. The molecular weight excluding hydrogens is 495 g/mol. The molecule has 0 radical (unpaired) electrons. The van der Waals surface area contributed by atoms with Crippen LogP contribution in [0.5, 0.6) is 0 Å². The molecule has 0 aliphatic carbocycles. The van der Waals surface area contributed by atoms with Crippen LogP contribution in [0.3, 0.4) is 0 Å². The van der Waals surface area contributed by atoms with Crippen LogP contribution in [0, 0.1) is 6.92 Å². The molecule has 1 unspecified atom stereocenters. The van der Waals surface area contributed by atoms with Crippen LogP contribution in [-0.4, -0.2) is 64.1 Å². The fourth-order valence-corrected chi connectivity index (χ4v) is 5.49. The maximum Gasteiger partial charge on any atom is 0.258 e. The van der Waals surface area contributed by atoms with Crippen molar-refractivity contribution in [2.45, 2.75) is 19.4 Å². The van der Waals surface area contributed by atoms with Crippen molar-refractivity contribution in [2.24, 2.45) is 7.05 Å². The summed E-state index contributed by atoms with van der Waals surface area (Å²) in [5.74, 6) is 0.551. The first kappa shape index (κ1) is 24.8. The lowest BCUT2D eigenvalue weighted by molar-refractivity contribution is 0.280. The molecule has 1 fully saturated rings. The van der Waals surface area contributed by atoms with Crippen LogP contribution in [0.25, 0.3) is 27.9 Å². The number of anilines is 2. The number of aryl methyl sites for hydroxylation is 2. The molecule has 1 atom stereocenters. The standard InChI is InChI=1S/C27H30Cl2N6O/c1-16-18-10-11-22-25(34(4)27(31-22)32-24-19(28)7-5-8-20(24)29)23(18)26(36)30-21(16)9-6-13-35-14-12-17(15-35)33(2)3/h5-11,17H,12-15H2,1-4H3,(H,30,36)(H,31,32). The zero-order chi connectivity index (χ0) is 25.6. The van der Waals surface area contributed by atoms with E-state index in [1.165, 1.54) is 6.42 Å². The van der Waals surface area contributed by atoms with Crippen molar-refractivity contribution in [1.29, 1.82) is 0 Å². The Morgan fingerprint density at radius 3 is 2.67 bits per heavy atom. The van der Waals surface area contributed by atoms with Crippen molar-refractivity contribution < 1.29 is 0 Å². The summed E-state index contributed by atoms with van der Waals surface area (Å²) in [5.41, 5.74) is 3.77. The van der Waals surface area contributed by atoms with Crippen molar-refractivity contribution >= 4 is 62.7 Å². The third-order valence-corrected chi connectivity index (χ3v) is 7.77. The summed E-state index contributed by atoms with van der Waals surface area (Å²) in [6.07, 6.45) is 5.35. The minimum absolute atomic E-state index is 0.139. The molecule has 1 aliphatic rings. The van der Waals surface area contributed by atoms with E-state index in [1.807, 2.05) is 36.7 Å². The molecule has 0 spiro atoms. The van der Waals surface area contributed by atoms with Crippen molar-refractivity contribution in [3.8, 4) is 0 Å². The zero-order valence-corrected chi connectivity index (χ0v) is 22.4. The first-order chi connectivity index (χ1) is 17.2. The van der Waals surface area contributed by atoms with Gasteiger partial charge in [0.25, 0.3) is 5.56 Å². The van der Waals surface area contributed by atoms with E-state index in [0.29, 0.717) is 38.6 Å². The SMILES string of the molecule is Cc1c(C=CCN2CCC(N(C)C)C2)[nH]c(=O)c2c1ccc1nc(Nc3c(Cl)cccc3Cl)n(C)c12. The Bertz CT molecular complexity index is 1520. The van der Waals surface area contributed by atoms with E-state index in [4.69, 9.17) is 28.2 Å². The van der Waals surface area contributed by atoms with E-state index < -0.39 is 0 Å². The first-order valence-corrected chi connectivity index (χ1v) is 12.8. The molecule has 5 rings (SSSR count). The molecule has 2 aromatic heterocycles. The van der Waals surface area contributed by atoms with Gasteiger partial charge in [0.15, 0.2) is 0 Å². The van der Waals surface area contributed by atoms with Crippen LogP contribution in [0.15, 0.2) is 41.2 Å².